The van der Waals surface area contributed by atoms with Crippen molar-refractivity contribution in [1.82, 2.24) is 4.98 Å². The van der Waals surface area contributed by atoms with Crippen molar-refractivity contribution in [3.05, 3.63) is 18.2 Å². The number of rotatable bonds is 10. The van der Waals surface area contributed by atoms with E-state index in [0.717, 1.165) is 6.42 Å². The molecule has 1 rings (SSSR count). The minimum absolute atomic E-state index is 1.10. The fourth-order valence-electron chi connectivity index (χ4n) is 2.33. The molecule has 2 heteroatoms. The maximum atomic E-state index is 3.29. The van der Waals surface area contributed by atoms with Gasteiger partial charge in [0.25, 0.3) is 5.82 Å². The summed E-state index contributed by atoms with van der Waals surface area (Å²) in [6.07, 6.45) is 16.5. The van der Waals surface area contributed by atoms with E-state index in [9.17, 15) is 0 Å². The Morgan fingerprint density at radius 2 is 1.59 bits per heavy atom. The molecule has 0 saturated carbocycles. The highest BCUT2D eigenvalue weighted by molar-refractivity contribution is 4.75. The van der Waals surface area contributed by atoms with Gasteiger partial charge in [-0.1, -0.05) is 52.4 Å². The Kier molecular flexibility index (Phi) is 7.78. The molecule has 0 aliphatic heterocycles. The predicted octanol–water partition coefficient (Wildman–Crippen LogP) is 4.01. The first-order valence-corrected chi connectivity index (χ1v) is 7.44. The molecule has 0 atom stereocenters. The lowest BCUT2D eigenvalue weighted by atomic mass is 10.1. The standard InChI is InChI=1S/C15H28N2/c1-3-5-6-7-8-9-10-11-13-17-14-12-16-15(17)4-2/h12,14H,3-11,13H2,1-2H3/p+1. The van der Waals surface area contributed by atoms with E-state index in [2.05, 4.69) is 29.6 Å². The molecule has 0 fully saturated rings. The summed E-state index contributed by atoms with van der Waals surface area (Å²) in [7, 11) is 0. The van der Waals surface area contributed by atoms with E-state index < -0.39 is 0 Å². The third-order valence-electron chi connectivity index (χ3n) is 3.44. The van der Waals surface area contributed by atoms with Crippen LogP contribution in [0, 0.1) is 0 Å². The number of hydrogen-bond donors (Lipinski definition) is 1. The molecule has 0 saturated heterocycles. The van der Waals surface area contributed by atoms with Crippen LogP contribution in [0.1, 0.15) is 71.0 Å². The van der Waals surface area contributed by atoms with Gasteiger partial charge in [-0.3, -0.25) is 0 Å². The summed E-state index contributed by atoms with van der Waals surface area (Å²) in [6, 6.07) is 0. The van der Waals surface area contributed by atoms with Crippen LogP contribution in [0.3, 0.4) is 0 Å². The van der Waals surface area contributed by atoms with Gasteiger partial charge in [0.1, 0.15) is 12.4 Å². The number of hydrogen-bond acceptors (Lipinski definition) is 0. The molecule has 0 bridgehead atoms. The lowest BCUT2D eigenvalue weighted by Gasteiger charge is -2.01. The van der Waals surface area contributed by atoms with Crippen LogP contribution in [0.15, 0.2) is 12.4 Å². The van der Waals surface area contributed by atoms with Crippen LogP contribution in [-0.2, 0) is 13.0 Å². The molecule has 0 amide bonds. The lowest BCUT2D eigenvalue weighted by Crippen LogP contribution is -2.35. The van der Waals surface area contributed by atoms with Gasteiger partial charge in [-0.25, -0.2) is 9.55 Å². The Morgan fingerprint density at radius 1 is 0.941 bits per heavy atom. The number of nitrogens with zero attached hydrogens (tertiary/aromatic N) is 1. The minimum Gasteiger partial charge on any atom is -0.248 e. The number of aromatic nitrogens is 2. The van der Waals surface area contributed by atoms with Gasteiger partial charge in [0, 0.05) is 6.42 Å². The topological polar surface area (TPSA) is 19.7 Å². The molecule has 0 unspecified atom stereocenters. The third kappa shape index (κ3) is 5.90. The zero-order valence-electron chi connectivity index (χ0n) is 11.7. The predicted molar refractivity (Wildman–Crippen MR) is 73.0 cm³/mol. The van der Waals surface area contributed by atoms with Gasteiger partial charge in [-0.05, 0) is 12.8 Å². The average molecular weight is 237 g/mol. The summed E-state index contributed by atoms with van der Waals surface area (Å²) in [5, 5.41) is 0. The Hall–Kier alpha value is -0.790. The number of H-pyrrole nitrogens is 1. The average Bonchev–Trinajstić information content (AvgIpc) is 2.80. The van der Waals surface area contributed by atoms with Crippen LogP contribution in [-0.4, -0.2) is 4.98 Å². The zero-order chi connectivity index (χ0) is 12.3. The highest BCUT2D eigenvalue weighted by Gasteiger charge is 2.06. The van der Waals surface area contributed by atoms with E-state index in [1.807, 2.05) is 6.20 Å². The smallest absolute Gasteiger partial charge is 0.248 e. The summed E-state index contributed by atoms with van der Waals surface area (Å²) in [6.45, 7) is 5.66. The fraction of sp³-hybridized carbons (Fsp3) is 0.800. The van der Waals surface area contributed by atoms with Crippen molar-refractivity contribution < 1.29 is 4.57 Å². The number of nitrogens with one attached hydrogen (secondary N) is 1. The molecule has 1 aromatic heterocycles. The van der Waals surface area contributed by atoms with Crippen molar-refractivity contribution in [3.8, 4) is 0 Å². The van der Waals surface area contributed by atoms with E-state index in [-0.39, 0.29) is 0 Å². The van der Waals surface area contributed by atoms with Crippen molar-refractivity contribution in [2.24, 2.45) is 0 Å². The third-order valence-corrected chi connectivity index (χ3v) is 3.44. The molecule has 0 radical (unpaired) electrons. The molecular weight excluding hydrogens is 208 g/mol. The van der Waals surface area contributed by atoms with Crippen LogP contribution in [0.4, 0.5) is 0 Å². The van der Waals surface area contributed by atoms with Gasteiger partial charge in [-0.15, -0.1) is 0 Å². The molecule has 0 aromatic carbocycles. The van der Waals surface area contributed by atoms with Crippen molar-refractivity contribution in [2.45, 2.75) is 78.2 Å². The number of unbranched alkanes of at least 4 members (excludes halogenated alkanes) is 7. The first kappa shape index (κ1) is 14.3. The molecule has 1 heterocycles. The van der Waals surface area contributed by atoms with Crippen LogP contribution < -0.4 is 4.57 Å². The second kappa shape index (κ2) is 9.26. The normalized spacial score (nSPS) is 10.9. The monoisotopic (exact) mass is 237 g/mol. The summed E-state index contributed by atoms with van der Waals surface area (Å²) < 4.78 is 2.36. The molecule has 0 aliphatic rings. The molecule has 0 aliphatic carbocycles. The summed E-state index contributed by atoms with van der Waals surface area (Å²) in [5.74, 6) is 1.35. The summed E-state index contributed by atoms with van der Waals surface area (Å²) >= 11 is 0. The number of aromatic amines is 1. The van der Waals surface area contributed by atoms with Gasteiger partial charge >= 0.3 is 0 Å². The van der Waals surface area contributed by atoms with Crippen LogP contribution in [0.5, 0.6) is 0 Å². The van der Waals surface area contributed by atoms with Gasteiger partial charge in [0.15, 0.2) is 0 Å². The highest BCUT2D eigenvalue weighted by Crippen LogP contribution is 2.08. The fourth-order valence-corrected chi connectivity index (χ4v) is 2.33. The van der Waals surface area contributed by atoms with Crippen molar-refractivity contribution in [2.75, 3.05) is 0 Å². The van der Waals surface area contributed by atoms with Crippen molar-refractivity contribution in [1.29, 1.82) is 0 Å². The SMILES string of the molecule is CCCCCCCCCC[n+]1cc[nH]c1CC. The maximum absolute atomic E-state index is 3.29. The van der Waals surface area contributed by atoms with Crippen molar-refractivity contribution >= 4 is 0 Å². The summed E-state index contributed by atoms with van der Waals surface area (Å²) in [5.41, 5.74) is 0. The lowest BCUT2D eigenvalue weighted by molar-refractivity contribution is -0.703. The molecule has 1 N–H and O–H groups in total. The van der Waals surface area contributed by atoms with Crippen LogP contribution in [0.2, 0.25) is 0 Å². The maximum Gasteiger partial charge on any atom is 0.253 e. The Balaban J connectivity index is 1.97. The Labute approximate surface area is 106 Å². The summed E-state index contributed by atoms with van der Waals surface area (Å²) in [4.78, 5) is 3.29. The molecule has 0 spiro atoms. The van der Waals surface area contributed by atoms with Gasteiger partial charge in [-0.2, -0.15) is 0 Å². The van der Waals surface area contributed by atoms with Crippen LogP contribution in [0.25, 0.3) is 0 Å². The Bertz CT molecular complexity index is 278. The molecule has 1 aromatic rings. The Morgan fingerprint density at radius 3 is 2.24 bits per heavy atom. The molecular formula is C15H29N2+. The van der Waals surface area contributed by atoms with Gasteiger partial charge in [0.2, 0.25) is 0 Å². The zero-order valence-corrected chi connectivity index (χ0v) is 11.7. The van der Waals surface area contributed by atoms with E-state index >= 15 is 0 Å². The van der Waals surface area contributed by atoms with E-state index in [4.69, 9.17) is 0 Å². The number of aryl methyl sites for hydroxylation is 2. The van der Waals surface area contributed by atoms with Gasteiger partial charge < -0.3 is 0 Å². The quantitative estimate of drug-likeness (QED) is 0.469. The minimum atomic E-state index is 1.10. The second-order valence-electron chi connectivity index (χ2n) is 4.93. The highest BCUT2D eigenvalue weighted by atomic mass is 15.1. The number of imidazole rings is 1. The second-order valence-corrected chi connectivity index (χ2v) is 4.93. The van der Waals surface area contributed by atoms with Crippen LogP contribution >= 0.6 is 0 Å². The van der Waals surface area contributed by atoms with Gasteiger partial charge in [0.05, 0.1) is 6.54 Å². The largest absolute Gasteiger partial charge is 0.253 e. The van der Waals surface area contributed by atoms with Crippen molar-refractivity contribution in [3.63, 3.8) is 0 Å². The first-order chi connectivity index (χ1) is 8.38. The molecule has 17 heavy (non-hydrogen) atoms. The van der Waals surface area contributed by atoms with E-state index in [1.54, 1.807) is 0 Å². The molecule has 2 nitrogen and oxygen atoms in total. The first-order valence-electron chi connectivity index (χ1n) is 7.44. The van der Waals surface area contributed by atoms with E-state index in [1.165, 1.54) is 63.7 Å². The van der Waals surface area contributed by atoms with E-state index in [0.29, 0.717) is 0 Å². The molecule has 98 valence electrons.